The van der Waals surface area contributed by atoms with E-state index in [2.05, 4.69) is 10.5 Å². The summed E-state index contributed by atoms with van der Waals surface area (Å²) >= 11 is 1.58. The van der Waals surface area contributed by atoms with Crippen LogP contribution in [0.2, 0.25) is 0 Å². The van der Waals surface area contributed by atoms with Crippen LogP contribution in [0, 0.1) is 6.92 Å². The van der Waals surface area contributed by atoms with E-state index in [9.17, 15) is 4.79 Å². The Morgan fingerprint density at radius 3 is 2.88 bits per heavy atom. The molecule has 2 heterocycles. The van der Waals surface area contributed by atoms with Crippen molar-refractivity contribution in [2.24, 2.45) is 5.10 Å². The van der Waals surface area contributed by atoms with Crippen molar-refractivity contribution in [1.29, 1.82) is 0 Å². The number of hydrogen-bond acceptors (Lipinski definition) is 4. The van der Waals surface area contributed by atoms with Crippen LogP contribution in [0.3, 0.4) is 0 Å². The first-order chi connectivity index (χ1) is 11.7. The average Bonchev–Trinajstić information content (AvgIpc) is 3.21. The third-order valence-corrected chi connectivity index (χ3v) is 4.85. The largest absolute Gasteiger partial charge is 0.451 e. The van der Waals surface area contributed by atoms with E-state index in [1.807, 2.05) is 54.8 Å². The molecule has 0 aliphatic rings. The summed E-state index contributed by atoms with van der Waals surface area (Å²) in [6.07, 6.45) is 1.65. The number of nitrogens with one attached hydrogen (secondary N) is 1. The van der Waals surface area contributed by atoms with E-state index in [0.717, 1.165) is 26.6 Å². The van der Waals surface area contributed by atoms with Crippen molar-refractivity contribution in [3.8, 4) is 0 Å². The highest BCUT2D eigenvalue weighted by Crippen LogP contribution is 2.28. The van der Waals surface area contributed by atoms with Gasteiger partial charge in [0.1, 0.15) is 5.58 Å². The number of benzene rings is 2. The summed E-state index contributed by atoms with van der Waals surface area (Å²) in [5, 5.41) is 9.11. The van der Waals surface area contributed by atoms with Gasteiger partial charge in [-0.05, 0) is 46.8 Å². The number of nitrogens with zero attached hydrogens (tertiary/aromatic N) is 1. The van der Waals surface area contributed by atoms with E-state index in [1.165, 1.54) is 0 Å². The zero-order valence-corrected chi connectivity index (χ0v) is 13.8. The van der Waals surface area contributed by atoms with Crippen LogP contribution < -0.4 is 5.43 Å². The van der Waals surface area contributed by atoms with E-state index in [0.29, 0.717) is 5.58 Å². The van der Waals surface area contributed by atoms with Crippen LogP contribution in [-0.2, 0) is 0 Å². The number of hydrogen-bond donors (Lipinski definition) is 1. The van der Waals surface area contributed by atoms with Crippen molar-refractivity contribution >= 4 is 45.2 Å². The minimum absolute atomic E-state index is 0.251. The number of carbonyl (C=O) groups excluding carboxylic acids is 1. The standard InChI is InChI=1S/C19H14N2O2S/c1-12-8-9-24-18(12)11-20-21-19(22)17-10-15-14-5-3-2-4-13(14)6-7-16(15)23-17/h2-11H,1H3,(H,21,22)/b20-11-. The minimum atomic E-state index is -0.360. The highest BCUT2D eigenvalue weighted by atomic mass is 32.1. The molecule has 0 aliphatic carbocycles. The monoisotopic (exact) mass is 334 g/mol. The lowest BCUT2D eigenvalue weighted by Crippen LogP contribution is -2.16. The molecule has 0 saturated heterocycles. The topological polar surface area (TPSA) is 54.6 Å². The third kappa shape index (κ3) is 2.59. The van der Waals surface area contributed by atoms with Crippen LogP contribution in [0.4, 0.5) is 0 Å². The van der Waals surface area contributed by atoms with Crippen LogP contribution in [0.5, 0.6) is 0 Å². The Labute approximate surface area is 142 Å². The predicted molar refractivity (Wildman–Crippen MR) is 97.8 cm³/mol. The number of thiophene rings is 1. The molecule has 0 spiro atoms. The highest BCUT2D eigenvalue weighted by molar-refractivity contribution is 7.11. The predicted octanol–water partition coefficient (Wildman–Crippen LogP) is 4.72. The van der Waals surface area contributed by atoms with Gasteiger partial charge in [-0.25, -0.2) is 5.43 Å². The molecule has 1 amide bonds. The van der Waals surface area contributed by atoms with Gasteiger partial charge < -0.3 is 4.42 Å². The van der Waals surface area contributed by atoms with E-state index in [-0.39, 0.29) is 11.7 Å². The number of rotatable bonds is 3. The normalized spacial score (nSPS) is 11.5. The van der Waals surface area contributed by atoms with Gasteiger partial charge in [-0.15, -0.1) is 11.3 Å². The molecule has 0 saturated carbocycles. The van der Waals surface area contributed by atoms with Gasteiger partial charge in [-0.1, -0.05) is 30.3 Å². The average molecular weight is 334 g/mol. The molecule has 0 unspecified atom stereocenters. The van der Waals surface area contributed by atoms with E-state index < -0.39 is 0 Å². The lowest BCUT2D eigenvalue weighted by molar-refractivity contribution is 0.0929. The fraction of sp³-hybridized carbons (Fsp3) is 0.0526. The van der Waals surface area contributed by atoms with Crippen molar-refractivity contribution in [1.82, 2.24) is 5.43 Å². The Bertz CT molecular complexity index is 1080. The molecule has 2 aromatic heterocycles. The maximum absolute atomic E-state index is 12.2. The maximum Gasteiger partial charge on any atom is 0.307 e. The fourth-order valence-electron chi connectivity index (χ4n) is 2.63. The Morgan fingerprint density at radius 1 is 1.17 bits per heavy atom. The molecule has 4 aromatic rings. The van der Waals surface area contributed by atoms with Gasteiger partial charge in [-0.3, -0.25) is 4.79 Å². The second-order valence-corrected chi connectivity index (χ2v) is 6.42. The van der Waals surface area contributed by atoms with Crippen molar-refractivity contribution < 1.29 is 9.21 Å². The van der Waals surface area contributed by atoms with Crippen molar-refractivity contribution in [3.05, 3.63) is 70.1 Å². The van der Waals surface area contributed by atoms with Gasteiger partial charge in [-0.2, -0.15) is 5.10 Å². The highest BCUT2D eigenvalue weighted by Gasteiger charge is 2.13. The summed E-state index contributed by atoms with van der Waals surface area (Å²) in [6.45, 7) is 2.00. The molecule has 5 heteroatoms. The maximum atomic E-state index is 12.2. The third-order valence-electron chi connectivity index (χ3n) is 3.90. The molecular formula is C19H14N2O2S. The molecule has 0 atom stereocenters. The summed E-state index contributed by atoms with van der Waals surface area (Å²) in [5.41, 5.74) is 4.34. The lowest BCUT2D eigenvalue weighted by atomic mass is 10.1. The summed E-state index contributed by atoms with van der Waals surface area (Å²) < 4.78 is 5.67. The molecule has 0 aliphatic heterocycles. The molecule has 4 rings (SSSR count). The molecule has 4 nitrogen and oxygen atoms in total. The summed E-state index contributed by atoms with van der Waals surface area (Å²) in [4.78, 5) is 13.3. The lowest BCUT2D eigenvalue weighted by Gasteiger charge is -1.96. The van der Waals surface area contributed by atoms with Crippen LogP contribution >= 0.6 is 11.3 Å². The molecule has 2 aromatic carbocycles. The Balaban J connectivity index is 1.62. The molecule has 24 heavy (non-hydrogen) atoms. The van der Waals surface area contributed by atoms with Gasteiger partial charge in [0.2, 0.25) is 0 Å². The molecule has 118 valence electrons. The molecule has 0 radical (unpaired) electrons. The summed E-state index contributed by atoms with van der Waals surface area (Å²) in [5.74, 6) is -0.109. The van der Waals surface area contributed by atoms with Gasteiger partial charge in [0.15, 0.2) is 5.76 Å². The van der Waals surface area contributed by atoms with Crippen LogP contribution in [0.15, 0.2) is 63.4 Å². The fourth-order valence-corrected chi connectivity index (χ4v) is 3.41. The van der Waals surface area contributed by atoms with Gasteiger partial charge in [0.25, 0.3) is 0 Å². The van der Waals surface area contributed by atoms with Crippen molar-refractivity contribution in [3.63, 3.8) is 0 Å². The number of hydrazone groups is 1. The minimum Gasteiger partial charge on any atom is -0.451 e. The Morgan fingerprint density at radius 2 is 2.04 bits per heavy atom. The number of amides is 1. The molecule has 0 bridgehead atoms. The number of aryl methyl sites for hydroxylation is 1. The first kappa shape index (κ1) is 14.7. The summed E-state index contributed by atoms with van der Waals surface area (Å²) in [6, 6.07) is 15.7. The zero-order valence-electron chi connectivity index (χ0n) is 12.9. The van der Waals surface area contributed by atoms with E-state index >= 15 is 0 Å². The second-order valence-electron chi connectivity index (χ2n) is 5.48. The first-order valence-electron chi connectivity index (χ1n) is 7.51. The van der Waals surface area contributed by atoms with Crippen LogP contribution in [0.1, 0.15) is 21.0 Å². The summed E-state index contributed by atoms with van der Waals surface area (Å²) in [7, 11) is 0. The quantitative estimate of drug-likeness (QED) is 0.435. The van der Waals surface area contributed by atoms with Gasteiger partial charge >= 0.3 is 5.91 Å². The van der Waals surface area contributed by atoms with Crippen molar-refractivity contribution in [2.75, 3.05) is 0 Å². The van der Waals surface area contributed by atoms with Crippen LogP contribution in [-0.4, -0.2) is 12.1 Å². The van der Waals surface area contributed by atoms with Gasteiger partial charge in [0.05, 0.1) is 6.21 Å². The van der Waals surface area contributed by atoms with E-state index in [4.69, 9.17) is 4.42 Å². The van der Waals surface area contributed by atoms with Crippen molar-refractivity contribution in [2.45, 2.75) is 6.92 Å². The van der Waals surface area contributed by atoms with Gasteiger partial charge in [0, 0.05) is 10.3 Å². The van der Waals surface area contributed by atoms with E-state index in [1.54, 1.807) is 23.6 Å². The number of furan rings is 1. The Kier molecular flexibility index (Phi) is 3.63. The second kappa shape index (κ2) is 5.94. The first-order valence-corrected chi connectivity index (χ1v) is 8.39. The zero-order chi connectivity index (χ0) is 16.5. The van der Waals surface area contributed by atoms with Crippen LogP contribution in [0.25, 0.3) is 21.7 Å². The molecular weight excluding hydrogens is 320 g/mol. The Hall–Kier alpha value is -2.92. The molecule has 0 fully saturated rings. The SMILES string of the molecule is Cc1ccsc1/C=N\NC(=O)c1cc2c(ccc3ccccc32)o1. The molecule has 1 N–H and O–H groups in total. The number of fused-ring (bicyclic) bond motifs is 3. The smallest absolute Gasteiger partial charge is 0.307 e. The number of carbonyl (C=O) groups is 1.